The minimum atomic E-state index is -0.560. The van der Waals surface area contributed by atoms with E-state index in [1.54, 1.807) is 0 Å². The third kappa shape index (κ3) is 4.36. The Morgan fingerprint density at radius 2 is 1.93 bits per heavy atom. The van der Waals surface area contributed by atoms with Gasteiger partial charge in [-0.1, -0.05) is 45.0 Å². The van der Waals surface area contributed by atoms with Crippen molar-refractivity contribution in [3.63, 3.8) is 0 Å². The van der Waals surface area contributed by atoms with Crippen molar-refractivity contribution < 1.29 is 14.8 Å². The van der Waals surface area contributed by atoms with Crippen molar-refractivity contribution in [3.8, 4) is 5.75 Å². The van der Waals surface area contributed by atoms with E-state index >= 15 is 0 Å². The van der Waals surface area contributed by atoms with Crippen LogP contribution in [0.1, 0.15) is 49.8 Å². The minimum absolute atomic E-state index is 0.0889. The Bertz CT molecular complexity index is 930. The van der Waals surface area contributed by atoms with Crippen molar-refractivity contribution >= 4 is 17.8 Å². The predicted molar refractivity (Wildman–Crippen MR) is 106 cm³/mol. The van der Waals surface area contributed by atoms with Gasteiger partial charge in [0.05, 0.1) is 11.1 Å². The average Bonchev–Trinajstić information content (AvgIpc) is 3.43. The maximum atomic E-state index is 12.3. The third-order valence-corrected chi connectivity index (χ3v) is 4.93. The van der Waals surface area contributed by atoms with Gasteiger partial charge in [0, 0.05) is 23.6 Å². The van der Waals surface area contributed by atoms with E-state index in [1.807, 2.05) is 0 Å². The summed E-state index contributed by atoms with van der Waals surface area (Å²) in [6.45, 7) is 6.48. The van der Waals surface area contributed by atoms with Crippen molar-refractivity contribution in [2.45, 2.75) is 38.5 Å². The first-order valence-electron chi connectivity index (χ1n) is 9.07. The summed E-state index contributed by atoms with van der Waals surface area (Å²) >= 11 is 0. The van der Waals surface area contributed by atoms with Crippen LogP contribution < -0.4 is 5.43 Å². The molecule has 1 fully saturated rings. The molecule has 146 valence electrons. The zero-order valence-corrected chi connectivity index (χ0v) is 16.0. The number of hydrogen-bond donors (Lipinski definition) is 2. The lowest BCUT2D eigenvalue weighted by atomic mass is 9.86. The summed E-state index contributed by atoms with van der Waals surface area (Å²) in [5.74, 6) is -0.315. The number of phenols is 1. The van der Waals surface area contributed by atoms with E-state index in [2.05, 4.69) is 55.6 Å². The molecule has 1 aliphatic carbocycles. The number of hydrogen-bond acceptors (Lipinski definition) is 5. The maximum Gasteiger partial charge on any atom is 0.270 e. The van der Waals surface area contributed by atoms with Gasteiger partial charge >= 0.3 is 0 Å². The number of nitrogens with zero attached hydrogens (tertiary/aromatic N) is 2. The minimum Gasteiger partial charge on any atom is -0.507 e. The number of amides is 1. The van der Waals surface area contributed by atoms with Gasteiger partial charge in [0.15, 0.2) is 0 Å². The molecule has 2 N–H and O–H groups in total. The van der Waals surface area contributed by atoms with Gasteiger partial charge in [-0.3, -0.25) is 14.9 Å². The Labute approximate surface area is 163 Å². The summed E-state index contributed by atoms with van der Waals surface area (Å²) in [6, 6.07) is 12.0. The van der Waals surface area contributed by atoms with Gasteiger partial charge in [-0.15, -0.1) is 0 Å². The zero-order valence-electron chi connectivity index (χ0n) is 16.0. The van der Waals surface area contributed by atoms with Crippen LogP contribution in [0, 0.1) is 16.0 Å². The summed E-state index contributed by atoms with van der Waals surface area (Å²) in [5, 5.41) is 24.4. The molecule has 1 aliphatic rings. The summed E-state index contributed by atoms with van der Waals surface area (Å²) in [7, 11) is 0. The van der Waals surface area contributed by atoms with Crippen molar-refractivity contribution in [3.05, 3.63) is 69.3 Å². The van der Waals surface area contributed by atoms with Crippen LogP contribution in [0.15, 0.2) is 47.6 Å². The van der Waals surface area contributed by atoms with Crippen LogP contribution in [-0.4, -0.2) is 22.2 Å². The lowest BCUT2D eigenvalue weighted by molar-refractivity contribution is -0.384. The fraction of sp³-hybridized carbons (Fsp3) is 0.333. The van der Waals surface area contributed by atoms with Crippen LogP contribution >= 0.6 is 0 Å². The molecule has 3 rings (SSSR count). The molecule has 1 saturated carbocycles. The van der Waals surface area contributed by atoms with Crippen molar-refractivity contribution in [2.24, 2.45) is 11.0 Å². The molecule has 7 nitrogen and oxygen atoms in total. The van der Waals surface area contributed by atoms with Gasteiger partial charge in [-0.2, -0.15) is 5.10 Å². The Balaban J connectivity index is 1.59. The first-order chi connectivity index (χ1) is 13.2. The van der Waals surface area contributed by atoms with E-state index in [0.29, 0.717) is 0 Å². The second-order valence-electron chi connectivity index (χ2n) is 8.06. The number of non-ortho nitro benzene ring substituents is 1. The second kappa shape index (κ2) is 7.42. The van der Waals surface area contributed by atoms with Gasteiger partial charge in [0.2, 0.25) is 5.91 Å². The molecule has 0 unspecified atom stereocenters. The largest absolute Gasteiger partial charge is 0.507 e. The van der Waals surface area contributed by atoms with Gasteiger partial charge in [0.25, 0.3) is 5.69 Å². The highest BCUT2D eigenvalue weighted by atomic mass is 16.6. The molecule has 0 heterocycles. The molecule has 0 aliphatic heterocycles. The molecule has 0 bridgehead atoms. The Hall–Kier alpha value is -3.22. The first kappa shape index (κ1) is 19.5. The summed E-state index contributed by atoms with van der Waals surface area (Å²) < 4.78 is 0. The van der Waals surface area contributed by atoms with Gasteiger partial charge < -0.3 is 5.11 Å². The molecule has 1 amide bonds. The molecule has 0 radical (unpaired) electrons. The average molecular weight is 381 g/mol. The Kier molecular flexibility index (Phi) is 5.18. The van der Waals surface area contributed by atoms with E-state index in [0.717, 1.165) is 12.0 Å². The molecule has 0 spiro atoms. The second-order valence-corrected chi connectivity index (χ2v) is 8.06. The summed E-state index contributed by atoms with van der Waals surface area (Å²) in [5.41, 5.74) is 4.93. The SMILES string of the molecule is CC(C)(C)c1ccc([C@H]2C[C@H]2C(=O)N/N=C\c2cc([N+](=O)[O-])ccc2O)cc1. The number of hydrazone groups is 1. The number of rotatable bonds is 5. The van der Waals surface area contributed by atoms with Crippen molar-refractivity contribution in [1.29, 1.82) is 0 Å². The zero-order chi connectivity index (χ0) is 20.5. The van der Waals surface area contributed by atoms with Crippen LogP contribution in [0.5, 0.6) is 5.75 Å². The number of nitro benzene ring substituents is 1. The predicted octanol–water partition coefficient (Wildman–Crippen LogP) is 3.85. The highest BCUT2D eigenvalue weighted by molar-refractivity contribution is 5.87. The van der Waals surface area contributed by atoms with Gasteiger partial charge in [-0.25, -0.2) is 5.43 Å². The van der Waals surface area contributed by atoms with Crippen LogP contribution in [0.3, 0.4) is 0 Å². The van der Waals surface area contributed by atoms with Crippen LogP contribution in [-0.2, 0) is 10.2 Å². The van der Waals surface area contributed by atoms with E-state index in [1.165, 1.54) is 30.0 Å². The lowest BCUT2D eigenvalue weighted by Crippen LogP contribution is -2.20. The summed E-state index contributed by atoms with van der Waals surface area (Å²) in [4.78, 5) is 22.5. The van der Waals surface area contributed by atoms with E-state index in [-0.39, 0.29) is 40.2 Å². The molecule has 2 aromatic rings. The summed E-state index contributed by atoms with van der Waals surface area (Å²) in [6.07, 6.45) is 1.97. The van der Waals surface area contributed by atoms with Gasteiger partial charge in [-0.05, 0) is 34.9 Å². The van der Waals surface area contributed by atoms with E-state index in [9.17, 15) is 20.0 Å². The molecule has 0 aromatic heterocycles. The molecule has 7 heteroatoms. The monoisotopic (exact) mass is 381 g/mol. The highest BCUT2D eigenvalue weighted by Crippen LogP contribution is 2.47. The molecule has 28 heavy (non-hydrogen) atoms. The number of phenolic OH excluding ortho intramolecular Hbond substituents is 1. The topological polar surface area (TPSA) is 105 Å². The standard InChI is InChI=1S/C21H23N3O4/c1-21(2,3)15-6-4-13(5-7-15)17-11-18(17)20(26)23-22-12-14-10-16(24(27)28)8-9-19(14)25/h4-10,12,17-18,25H,11H2,1-3H3,(H,23,26)/b22-12-/t17-,18-/m1/s1. The molecule has 0 saturated heterocycles. The highest BCUT2D eigenvalue weighted by Gasteiger charge is 2.44. The fourth-order valence-corrected chi connectivity index (χ4v) is 3.09. The molecular weight excluding hydrogens is 358 g/mol. The van der Waals surface area contributed by atoms with Crippen LogP contribution in [0.25, 0.3) is 0 Å². The maximum absolute atomic E-state index is 12.3. The molecule has 2 atom stereocenters. The number of carbonyl (C=O) groups excluding carboxylic acids is 1. The molecule has 2 aromatic carbocycles. The van der Waals surface area contributed by atoms with Crippen LogP contribution in [0.2, 0.25) is 0 Å². The van der Waals surface area contributed by atoms with Gasteiger partial charge in [0.1, 0.15) is 5.75 Å². The van der Waals surface area contributed by atoms with E-state index in [4.69, 9.17) is 0 Å². The van der Waals surface area contributed by atoms with Crippen molar-refractivity contribution in [2.75, 3.05) is 0 Å². The smallest absolute Gasteiger partial charge is 0.270 e. The molecular formula is C21H23N3O4. The van der Waals surface area contributed by atoms with E-state index < -0.39 is 4.92 Å². The number of benzene rings is 2. The Morgan fingerprint density at radius 3 is 2.54 bits per heavy atom. The number of nitrogens with one attached hydrogen (secondary N) is 1. The normalized spacial score (nSPS) is 18.8. The fourth-order valence-electron chi connectivity index (χ4n) is 3.09. The number of carbonyl (C=O) groups is 1. The Morgan fingerprint density at radius 1 is 1.25 bits per heavy atom. The first-order valence-corrected chi connectivity index (χ1v) is 9.07. The number of aromatic hydroxyl groups is 1. The number of nitro groups is 1. The quantitative estimate of drug-likeness (QED) is 0.466. The lowest BCUT2D eigenvalue weighted by Gasteiger charge is -2.19. The third-order valence-electron chi connectivity index (χ3n) is 4.93. The van der Waals surface area contributed by atoms with Crippen LogP contribution in [0.4, 0.5) is 5.69 Å². The van der Waals surface area contributed by atoms with Crippen molar-refractivity contribution in [1.82, 2.24) is 5.43 Å².